The van der Waals surface area contributed by atoms with E-state index in [2.05, 4.69) is 50.8 Å². The lowest BCUT2D eigenvalue weighted by Gasteiger charge is -2.34. The summed E-state index contributed by atoms with van der Waals surface area (Å²) in [6.07, 6.45) is 4.09. The van der Waals surface area contributed by atoms with Crippen LogP contribution in [0.1, 0.15) is 24.5 Å². The summed E-state index contributed by atoms with van der Waals surface area (Å²) in [6.45, 7) is 8.55. The molecule has 1 aliphatic rings. The van der Waals surface area contributed by atoms with Crippen molar-refractivity contribution in [2.45, 2.75) is 25.9 Å². The topological polar surface area (TPSA) is 64.7 Å². The number of rotatable bonds is 10. The average molecular weight is 435 g/mol. The molecule has 2 aromatic carbocycles. The fraction of sp³-hybridized carbons (Fsp3) is 0.385. The fourth-order valence-electron chi connectivity index (χ4n) is 3.74. The normalized spacial score (nSPS) is 16.0. The molecule has 2 amide bonds. The third kappa shape index (κ3) is 8.29. The molecule has 0 aliphatic carbocycles. The van der Waals surface area contributed by atoms with Crippen LogP contribution in [0, 0.1) is 0 Å². The van der Waals surface area contributed by atoms with Gasteiger partial charge in [0, 0.05) is 45.3 Å². The van der Waals surface area contributed by atoms with Crippen LogP contribution in [-0.4, -0.2) is 66.9 Å². The molecule has 1 atom stereocenters. The van der Waals surface area contributed by atoms with Crippen LogP contribution in [0.25, 0.3) is 6.08 Å². The number of hydrogen-bond donors (Lipinski definition) is 2. The molecule has 0 radical (unpaired) electrons. The van der Waals surface area contributed by atoms with Gasteiger partial charge in [-0.3, -0.25) is 14.5 Å². The third-order valence-corrected chi connectivity index (χ3v) is 5.64. The molecule has 1 aliphatic heterocycles. The van der Waals surface area contributed by atoms with Crippen LogP contribution in [0.5, 0.6) is 0 Å². The monoisotopic (exact) mass is 434 g/mol. The number of carbonyl (C=O) groups excluding carboxylic acids is 2. The van der Waals surface area contributed by atoms with E-state index in [1.807, 2.05) is 30.3 Å². The van der Waals surface area contributed by atoms with Gasteiger partial charge in [0.1, 0.15) is 6.04 Å². The van der Waals surface area contributed by atoms with Crippen LogP contribution in [0.2, 0.25) is 0 Å². The molecule has 6 nitrogen and oxygen atoms in total. The summed E-state index contributed by atoms with van der Waals surface area (Å²) >= 11 is 0. The van der Waals surface area contributed by atoms with Crippen molar-refractivity contribution < 1.29 is 9.59 Å². The van der Waals surface area contributed by atoms with E-state index in [0.29, 0.717) is 6.54 Å². The first kappa shape index (κ1) is 23.7. The molecule has 1 heterocycles. The van der Waals surface area contributed by atoms with Gasteiger partial charge in [-0.2, -0.15) is 0 Å². The van der Waals surface area contributed by atoms with Crippen molar-refractivity contribution in [2.24, 2.45) is 0 Å². The van der Waals surface area contributed by atoms with Crippen LogP contribution >= 0.6 is 0 Å². The summed E-state index contributed by atoms with van der Waals surface area (Å²) in [5, 5.41) is 5.64. The predicted molar refractivity (Wildman–Crippen MR) is 129 cm³/mol. The van der Waals surface area contributed by atoms with Gasteiger partial charge < -0.3 is 15.5 Å². The Morgan fingerprint density at radius 3 is 2.25 bits per heavy atom. The van der Waals surface area contributed by atoms with Gasteiger partial charge in [0.05, 0.1) is 0 Å². The van der Waals surface area contributed by atoms with E-state index in [1.165, 1.54) is 11.6 Å². The maximum atomic E-state index is 12.3. The molecule has 32 heavy (non-hydrogen) atoms. The number of nitrogens with one attached hydrogen (secondary N) is 2. The standard InChI is InChI=1S/C26H34N4O2/c1-22(28-25(31)14-13-23-9-4-2-5-10-23)26(32)27-15-8-16-29-17-19-30(20-18-29)21-24-11-6-3-7-12-24/h2-7,9-14,22H,8,15-21H2,1H3,(H,27,32)(H,28,31)/b14-13+. The maximum absolute atomic E-state index is 12.3. The van der Waals surface area contributed by atoms with Crippen LogP contribution in [0.4, 0.5) is 0 Å². The molecular weight excluding hydrogens is 400 g/mol. The number of amides is 2. The molecule has 1 fully saturated rings. The van der Waals surface area contributed by atoms with Gasteiger partial charge in [-0.05, 0) is 37.1 Å². The molecule has 2 N–H and O–H groups in total. The number of piperazine rings is 1. The summed E-state index contributed by atoms with van der Waals surface area (Å²) in [7, 11) is 0. The van der Waals surface area contributed by atoms with Crippen molar-refractivity contribution in [1.29, 1.82) is 0 Å². The van der Waals surface area contributed by atoms with Gasteiger partial charge in [-0.15, -0.1) is 0 Å². The Kier molecular flexibility index (Phi) is 9.47. The van der Waals surface area contributed by atoms with Crippen molar-refractivity contribution >= 4 is 17.9 Å². The van der Waals surface area contributed by atoms with Gasteiger partial charge in [-0.25, -0.2) is 0 Å². The fourth-order valence-corrected chi connectivity index (χ4v) is 3.74. The van der Waals surface area contributed by atoms with E-state index in [1.54, 1.807) is 13.0 Å². The van der Waals surface area contributed by atoms with Gasteiger partial charge in [0.15, 0.2) is 0 Å². The summed E-state index contributed by atoms with van der Waals surface area (Å²) in [5.74, 6) is -0.427. The third-order valence-electron chi connectivity index (χ3n) is 5.64. The Morgan fingerprint density at radius 2 is 1.56 bits per heavy atom. The Hall–Kier alpha value is -2.96. The van der Waals surface area contributed by atoms with E-state index >= 15 is 0 Å². The highest BCUT2D eigenvalue weighted by molar-refractivity contribution is 5.95. The first-order valence-electron chi connectivity index (χ1n) is 11.4. The quantitative estimate of drug-likeness (QED) is 0.446. The maximum Gasteiger partial charge on any atom is 0.244 e. The Bertz CT molecular complexity index is 862. The second-order valence-corrected chi connectivity index (χ2v) is 8.22. The van der Waals surface area contributed by atoms with Crippen molar-refractivity contribution in [2.75, 3.05) is 39.3 Å². The number of carbonyl (C=O) groups is 2. The Morgan fingerprint density at radius 1 is 0.938 bits per heavy atom. The molecule has 3 rings (SSSR count). The van der Waals surface area contributed by atoms with Gasteiger partial charge >= 0.3 is 0 Å². The minimum Gasteiger partial charge on any atom is -0.354 e. The largest absolute Gasteiger partial charge is 0.354 e. The minimum absolute atomic E-state index is 0.154. The van der Waals surface area contributed by atoms with Crippen molar-refractivity contribution in [3.8, 4) is 0 Å². The lowest BCUT2D eigenvalue weighted by atomic mass is 10.2. The molecule has 170 valence electrons. The molecule has 0 spiro atoms. The highest BCUT2D eigenvalue weighted by Gasteiger charge is 2.17. The van der Waals surface area contributed by atoms with Crippen LogP contribution in [0.15, 0.2) is 66.7 Å². The van der Waals surface area contributed by atoms with E-state index in [-0.39, 0.29) is 11.8 Å². The summed E-state index contributed by atoms with van der Waals surface area (Å²) in [5.41, 5.74) is 2.31. The summed E-state index contributed by atoms with van der Waals surface area (Å²) in [4.78, 5) is 29.2. The van der Waals surface area contributed by atoms with Crippen molar-refractivity contribution in [3.63, 3.8) is 0 Å². The van der Waals surface area contributed by atoms with Crippen LogP contribution in [-0.2, 0) is 16.1 Å². The molecule has 0 bridgehead atoms. The Balaban J connectivity index is 1.26. The second kappa shape index (κ2) is 12.8. The van der Waals surface area contributed by atoms with Crippen molar-refractivity contribution in [1.82, 2.24) is 20.4 Å². The first-order valence-corrected chi connectivity index (χ1v) is 11.4. The highest BCUT2D eigenvalue weighted by atomic mass is 16.2. The smallest absolute Gasteiger partial charge is 0.244 e. The van der Waals surface area contributed by atoms with E-state index in [0.717, 1.165) is 51.3 Å². The van der Waals surface area contributed by atoms with E-state index in [4.69, 9.17) is 0 Å². The minimum atomic E-state index is -0.565. The molecule has 6 heteroatoms. The van der Waals surface area contributed by atoms with E-state index in [9.17, 15) is 9.59 Å². The molecule has 2 aromatic rings. The predicted octanol–water partition coefficient (Wildman–Crippen LogP) is 2.53. The lowest BCUT2D eigenvalue weighted by Crippen LogP contribution is -2.47. The SMILES string of the molecule is CC(NC(=O)/C=C/c1ccccc1)C(=O)NCCCN1CCN(Cc2ccccc2)CC1. The van der Waals surface area contributed by atoms with Gasteiger partial charge in [0.25, 0.3) is 0 Å². The number of nitrogens with zero attached hydrogens (tertiary/aromatic N) is 2. The molecule has 1 unspecified atom stereocenters. The zero-order chi connectivity index (χ0) is 22.6. The molecule has 0 saturated carbocycles. The van der Waals surface area contributed by atoms with Crippen LogP contribution in [0.3, 0.4) is 0 Å². The summed E-state index contributed by atoms with van der Waals surface area (Å²) < 4.78 is 0. The zero-order valence-electron chi connectivity index (χ0n) is 18.9. The van der Waals surface area contributed by atoms with Gasteiger partial charge in [-0.1, -0.05) is 60.7 Å². The lowest BCUT2D eigenvalue weighted by molar-refractivity contribution is -0.126. The number of hydrogen-bond acceptors (Lipinski definition) is 4. The molecule has 1 saturated heterocycles. The second-order valence-electron chi connectivity index (χ2n) is 8.22. The first-order chi connectivity index (χ1) is 15.6. The van der Waals surface area contributed by atoms with Crippen LogP contribution < -0.4 is 10.6 Å². The number of benzene rings is 2. The summed E-state index contributed by atoms with van der Waals surface area (Å²) in [6, 6.07) is 19.6. The van der Waals surface area contributed by atoms with Crippen molar-refractivity contribution in [3.05, 3.63) is 77.9 Å². The van der Waals surface area contributed by atoms with E-state index < -0.39 is 6.04 Å². The Labute approximate surface area is 191 Å². The average Bonchev–Trinajstić information content (AvgIpc) is 2.82. The zero-order valence-corrected chi connectivity index (χ0v) is 18.9. The molecule has 0 aromatic heterocycles. The highest BCUT2D eigenvalue weighted by Crippen LogP contribution is 2.08. The molecular formula is C26H34N4O2. The van der Waals surface area contributed by atoms with Gasteiger partial charge in [0.2, 0.25) is 11.8 Å².